The van der Waals surface area contributed by atoms with Crippen LogP contribution in [-0.4, -0.2) is 45.9 Å². The minimum Gasteiger partial charge on any atom is -0.335 e. The first-order valence-electron chi connectivity index (χ1n) is 9.55. The number of carbonyl (C=O) groups excluding carboxylic acids is 3. The minimum absolute atomic E-state index is 0.0289. The van der Waals surface area contributed by atoms with Crippen LogP contribution in [0.4, 0.5) is 4.39 Å². The number of rotatable bonds is 5. The number of aromatic nitrogens is 2. The first-order chi connectivity index (χ1) is 14.2. The second-order valence-electron chi connectivity index (χ2n) is 7.61. The number of carbonyl (C=O) groups is 3. The zero-order chi connectivity index (χ0) is 22.0. The Hall–Kier alpha value is -3.40. The Morgan fingerprint density at radius 1 is 1.23 bits per heavy atom. The Morgan fingerprint density at radius 3 is 2.40 bits per heavy atom. The van der Waals surface area contributed by atoms with Crippen LogP contribution in [0.1, 0.15) is 35.4 Å². The molecular formula is C23H22FN3O3. The molecule has 1 aliphatic rings. The Labute approximate surface area is 174 Å². The molecule has 3 rings (SSSR count). The van der Waals surface area contributed by atoms with E-state index in [2.05, 4.69) is 15.9 Å². The molecule has 154 valence electrons. The molecule has 0 radical (unpaired) electrons. The number of halogens is 1. The lowest BCUT2D eigenvalue weighted by atomic mass is 9.86. The van der Waals surface area contributed by atoms with Crippen LogP contribution in [0.15, 0.2) is 24.5 Å². The summed E-state index contributed by atoms with van der Waals surface area (Å²) in [4.78, 5) is 47.4. The zero-order valence-corrected chi connectivity index (χ0v) is 17.1. The van der Waals surface area contributed by atoms with E-state index in [9.17, 15) is 18.8 Å². The summed E-state index contributed by atoms with van der Waals surface area (Å²) in [6.07, 6.45) is 7.41. The van der Waals surface area contributed by atoms with Gasteiger partial charge in [0.1, 0.15) is 11.7 Å². The van der Waals surface area contributed by atoms with Gasteiger partial charge in [-0.3, -0.25) is 14.4 Å². The van der Waals surface area contributed by atoms with Crippen molar-refractivity contribution in [1.82, 2.24) is 14.9 Å². The van der Waals surface area contributed by atoms with Gasteiger partial charge < -0.3 is 4.90 Å². The van der Waals surface area contributed by atoms with Crippen LogP contribution in [0.3, 0.4) is 0 Å². The van der Waals surface area contributed by atoms with E-state index in [1.807, 2.05) is 13.8 Å². The van der Waals surface area contributed by atoms with E-state index in [1.54, 1.807) is 19.2 Å². The third-order valence-electron chi connectivity index (χ3n) is 5.39. The first-order valence-corrected chi connectivity index (χ1v) is 9.55. The van der Waals surface area contributed by atoms with Crippen molar-refractivity contribution in [1.29, 1.82) is 0 Å². The molecule has 1 aromatic carbocycles. The highest BCUT2D eigenvalue weighted by molar-refractivity contribution is 6.15. The average Bonchev–Trinajstić information content (AvgIpc) is 2.96. The average molecular weight is 407 g/mol. The molecule has 0 saturated heterocycles. The Bertz CT molecular complexity index is 1030. The molecule has 0 spiro atoms. The van der Waals surface area contributed by atoms with Crippen LogP contribution in [0.2, 0.25) is 0 Å². The summed E-state index contributed by atoms with van der Waals surface area (Å²) < 4.78 is 13.1. The highest BCUT2D eigenvalue weighted by atomic mass is 19.1. The fourth-order valence-electron chi connectivity index (χ4n) is 3.94. The maximum atomic E-state index is 13.1. The van der Waals surface area contributed by atoms with Gasteiger partial charge in [0.2, 0.25) is 5.91 Å². The lowest BCUT2D eigenvalue weighted by Crippen LogP contribution is -2.30. The quantitative estimate of drug-likeness (QED) is 0.562. The summed E-state index contributed by atoms with van der Waals surface area (Å²) in [5.41, 5.74) is 2.83. The van der Waals surface area contributed by atoms with Crippen molar-refractivity contribution in [2.75, 3.05) is 13.6 Å². The van der Waals surface area contributed by atoms with Crippen molar-refractivity contribution in [3.63, 3.8) is 0 Å². The van der Waals surface area contributed by atoms with Gasteiger partial charge in [0.15, 0.2) is 17.4 Å². The largest absolute Gasteiger partial charge is 0.335 e. The Kier molecular flexibility index (Phi) is 6.06. The van der Waals surface area contributed by atoms with E-state index in [0.717, 1.165) is 23.5 Å². The van der Waals surface area contributed by atoms with E-state index in [1.165, 1.54) is 4.90 Å². The molecule has 2 atom stereocenters. The molecule has 7 heteroatoms. The number of benzene rings is 1. The summed E-state index contributed by atoms with van der Waals surface area (Å²) in [5, 5.41) is 0. The molecule has 1 saturated carbocycles. The highest BCUT2D eigenvalue weighted by Crippen LogP contribution is 2.38. The maximum Gasteiger partial charge on any atom is 0.223 e. The van der Waals surface area contributed by atoms with Crippen LogP contribution in [0, 0.1) is 37.9 Å². The number of ketones is 2. The molecule has 1 heterocycles. The number of hydrogen-bond donors (Lipinski definition) is 0. The van der Waals surface area contributed by atoms with Gasteiger partial charge in [0, 0.05) is 31.4 Å². The Balaban J connectivity index is 1.87. The van der Waals surface area contributed by atoms with Crippen LogP contribution in [-0.2, 0) is 14.4 Å². The van der Waals surface area contributed by atoms with Gasteiger partial charge in [-0.2, -0.15) is 0 Å². The summed E-state index contributed by atoms with van der Waals surface area (Å²) in [6.45, 7) is 3.78. The lowest BCUT2D eigenvalue weighted by molar-refractivity contribution is -0.133. The monoisotopic (exact) mass is 407 g/mol. The molecule has 0 bridgehead atoms. The minimum atomic E-state index is -0.885. The predicted octanol–water partition coefficient (Wildman–Crippen LogP) is 2.62. The second kappa shape index (κ2) is 8.54. The van der Waals surface area contributed by atoms with Crippen molar-refractivity contribution in [2.24, 2.45) is 5.92 Å². The standard InChI is InChI=1S/C23H22FN3O3/c1-5-6-27(4)19(29)10-15-9-18(28)21(22(15)30)20-13(2)7-16(8-14(20)3)23-25-11-17(24)12-26-23/h1,7-8,11-12,15,21H,6,9-10H2,2-4H3. The number of Topliss-reactive ketones (excluding diaryl/α,β-unsaturated/α-hetero) is 2. The first kappa shape index (κ1) is 21.3. The molecule has 2 unspecified atom stereocenters. The molecule has 0 aliphatic heterocycles. The van der Waals surface area contributed by atoms with E-state index >= 15 is 0 Å². The van der Waals surface area contributed by atoms with Crippen molar-refractivity contribution in [3.05, 3.63) is 47.0 Å². The van der Waals surface area contributed by atoms with Gasteiger partial charge in [0.25, 0.3) is 0 Å². The van der Waals surface area contributed by atoms with E-state index in [0.29, 0.717) is 17.0 Å². The van der Waals surface area contributed by atoms with E-state index in [4.69, 9.17) is 6.42 Å². The van der Waals surface area contributed by atoms with Gasteiger partial charge in [0.05, 0.1) is 18.9 Å². The summed E-state index contributed by atoms with van der Waals surface area (Å²) in [7, 11) is 1.57. The van der Waals surface area contributed by atoms with Crippen molar-refractivity contribution >= 4 is 17.5 Å². The molecule has 1 amide bonds. The van der Waals surface area contributed by atoms with Crippen LogP contribution >= 0.6 is 0 Å². The number of amides is 1. The highest BCUT2D eigenvalue weighted by Gasteiger charge is 2.44. The molecule has 1 fully saturated rings. The molecule has 2 aromatic rings. The van der Waals surface area contributed by atoms with E-state index in [-0.39, 0.29) is 36.9 Å². The molecule has 6 nitrogen and oxygen atoms in total. The van der Waals surface area contributed by atoms with Crippen molar-refractivity contribution in [2.45, 2.75) is 32.6 Å². The fourth-order valence-corrected chi connectivity index (χ4v) is 3.94. The molecule has 1 aliphatic carbocycles. The molecule has 1 aromatic heterocycles. The number of nitrogens with zero attached hydrogens (tertiary/aromatic N) is 3. The molecule has 30 heavy (non-hydrogen) atoms. The number of aryl methyl sites for hydroxylation is 2. The fraction of sp³-hybridized carbons (Fsp3) is 0.348. The van der Waals surface area contributed by atoms with Crippen LogP contribution in [0.5, 0.6) is 0 Å². The van der Waals surface area contributed by atoms with E-state index < -0.39 is 17.7 Å². The predicted molar refractivity (Wildman–Crippen MR) is 109 cm³/mol. The summed E-state index contributed by atoms with van der Waals surface area (Å²) >= 11 is 0. The van der Waals surface area contributed by atoms with Crippen molar-refractivity contribution < 1.29 is 18.8 Å². The Morgan fingerprint density at radius 2 is 1.83 bits per heavy atom. The number of hydrogen-bond acceptors (Lipinski definition) is 5. The normalized spacial score (nSPS) is 18.4. The third kappa shape index (κ3) is 4.13. The summed E-state index contributed by atoms with van der Waals surface area (Å²) in [6, 6.07) is 3.57. The zero-order valence-electron chi connectivity index (χ0n) is 17.1. The SMILES string of the molecule is C#CCN(C)C(=O)CC1CC(=O)C(c2c(C)cc(-c3ncc(F)cn3)cc2C)C1=O. The van der Waals surface area contributed by atoms with Gasteiger partial charge in [-0.1, -0.05) is 5.92 Å². The van der Waals surface area contributed by atoms with Crippen LogP contribution in [0.25, 0.3) is 11.4 Å². The number of terminal acetylenes is 1. The van der Waals surface area contributed by atoms with Gasteiger partial charge in [-0.05, 0) is 42.7 Å². The molecular weight excluding hydrogens is 385 g/mol. The van der Waals surface area contributed by atoms with Gasteiger partial charge >= 0.3 is 0 Å². The lowest BCUT2D eigenvalue weighted by Gasteiger charge is -2.18. The van der Waals surface area contributed by atoms with Crippen LogP contribution < -0.4 is 0 Å². The summed E-state index contributed by atoms with van der Waals surface area (Å²) in [5.74, 6) is 0.0133. The third-order valence-corrected chi connectivity index (χ3v) is 5.39. The second-order valence-corrected chi connectivity index (χ2v) is 7.61. The maximum absolute atomic E-state index is 13.1. The van der Waals surface area contributed by atoms with Crippen molar-refractivity contribution in [3.8, 4) is 23.7 Å². The smallest absolute Gasteiger partial charge is 0.223 e. The topological polar surface area (TPSA) is 80.2 Å². The van der Waals surface area contributed by atoms with Gasteiger partial charge in [-0.25, -0.2) is 14.4 Å². The molecule has 0 N–H and O–H groups in total. The van der Waals surface area contributed by atoms with Gasteiger partial charge in [-0.15, -0.1) is 6.42 Å².